The van der Waals surface area contributed by atoms with Gasteiger partial charge >= 0.3 is 11.9 Å². The maximum Gasteiger partial charge on any atom is 0.338 e. The van der Waals surface area contributed by atoms with Crippen LogP contribution >= 0.6 is 0 Å². The Bertz CT molecular complexity index is 1600. The number of rotatable bonds is 8. The minimum atomic E-state index is -2.88. The van der Waals surface area contributed by atoms with Crippen LogP contribution in [0.5, 0.6) is 5.75 Å². The standard InChI is InChI=1S/C35H49NO20/c1-13-12-51-33(10-20(13)53-29(46)15-3-5-17(39)6-4-15)32(48)35(50)22(41)7-16(9-34(35,49)56-33)30(47)52-19-8-18(40)24(42)27(45)28(19)55-31-23(36-14(2)38)26(44)25(43)21(11-37)54-31/h3-6,13,16,18-28,31-32,37,39-45,48-50H,7-12H2,1-2H3,(H,36,38)/t13-,16+,18+,19-,20+,21-,22+,23-,24-,25-,26-,27+,28+,31?,32+,33+,34-,35+/m1/s1. The minimum absolute atomic E-state index is 0.0850. The summed E-state index contributed by atoms with van der Waals surface area (Å²) >= 11 is 0. The Labute approximate surface area is 318 Å². The van der Waals surface area contributed by atoms with Crippen molar-refractivity contribution in [2.24, 2.45) is 11.8 Å². The molecule has 3 heterocycles. The molecule has 1 unspecified atom stereocenters. The van der Waals surface area contributed by atoms with E-state index in [1.165, 1.54) is 24.3 Å². The van der Waals surface area contributed by atoms with E-state index >= 15 is 0 Å². The zero-order chi connectivity index (χ0) is 41.1. The normalized spacial score (nSPS) is 46.5. The zero-order valence-electron chi connectivity index (χ0n) is 30.3. The van der Waals surface area contributed by atoms with Crippen LogP contribution in [0.1, 0.15) is 49.9 Å². The number of aliphatic hydroxyl groups excluding tert-OH is 8. The Kier molecular flexibility index (Phi) is 12.1. The highest BCUT2D eigenvalue weighted by molar-refractivity contribution is 5.89. The largest absolute Gasteiger partial charge is 0.508 e. The van der Waals surface area contributed by atoms with Crippen LogP contribution in [-0.4, -0.2) is 184 Å². The predicted molar refractivity (Wildman–Crippen MR) is 178 cm³/mol. The molecule has 1 spiro atoms. The lowest BCUT2D eigenvalue weighted by atomic mass is 9.69. The van der Waals surface area contributed by atoms with Crippen molar-refractivity contribution < 1.29 is 99.0 Å². The number of carbonyl (C=O) groups is 3. The maximum absolute atomic E-state index is 13.8. The molecule has 0 bridgehead atoms. The van der Waals surface area contributed by atoms with Crippen LogP contribution < -0.4 is 5.32 Å². The molecule has 21 heteroatoms. The Balaban J connectivity index is 1.19. The molecule has 12 N–H and O–H groups in total. The van der Waals surface area contributed by atoms with Crippen molar-refractivity contribution in [3.63, 3.8) is 0 Å². The Morgan fingerprint density at radius 2 is 1.57 bits per heavy atom. The first-order valence-electron chi connectivity index (χ1n) is 18.2. The summed E-state index contributed by atoms with van der Waals surface area (Å²) in [4.78, 5) is 38.6. The molecule has 2 saturated carbocycles. The minimum Gasteiger partial charge on any atom is -0.508 e. The smallest absolute Gasteiger partial charge is 0.338 e. The first kappa shape index (κ1) is 42.5. The van der Waals surface area contributed by atoms with E-state index in [1.807, 2.05) is 0 Å². The highest BCUT2D eigenvalue weighted by Gasteiger charge is 2.77. The molecule has 0 radical (unpaired) electrons. The summed E-state index contributed by atoms with van der Waals surface area (Å²) in [5.41, 5.74) is -2.76. The molecule has 5 fully saturated rings. The van der Waals surface area contributed by atoms with Crippen LogP contribution in [0.25, 0.3) is 0 Å². The molecule has 1 aromatic rings. The van der Waals surface area contributed by atoms with E-state index in [4.69, 9.17) is 28.4 Å². The van der Waals surface area contributed by atoms with Crippen molar-refractivity contribution in [1.29, 1.82) is 0 Å². The third-order valence-corrected chi connectivity index (χ3v) is 11.5. The molecule has 56 heavy (non-hydrogen) atoms. The third kappa shape index (κ3) is 7.50. The number of carbonyl (C=O) groups excluding carboxylic acids is 3. The van der Waals surface area contributed by atoms with Gasteiger partial charge in [-0.1, -0.05) is 6.92 Å². The number of ether oxygens (including phenoxy) is 6. The number of aromatic hydroxyl groups is 1. The zero-order valence-corrected chi connectivity index (χ0v) is 30.3. The van der Waals surface area contributed by atoms with Crippen molar-refractivity contribution in [1.82, 2.24) is 5.32 Å². The SMILES string of the molecule is CC(=O)N[C@H]1C(O[C@@H]2[C@@H](O)[C@H](O)[C@@H](O)C[C@H]2OC(=O)[C@H]2C[C@H](O)[C@]3(O)[C@@H](O)[C@]4(C[C@H](OC(=O)c5ccc(O)cc5)[C@H](C)CO4)O[C@]3(O)C2)O[C@H](CO)[C@@H](O)[C@@H]1O. The summed E-state index contributed by atoms with van der Waals surface area (Å²) in [5, 5.41) is 121. The summed E-state index contributed by atoms with van der Waals surface area (Å²) in [7, 11) is 0. The van der Waals surface area contributed by atoms with E-state index in [9.17, 15) is 70.6 Å². The topological polar surface area (TPSA) is 341 Å². The first-order valence-corrected chi connectivity index (χ1v) is 18.2. The average molecular weight is 804 g/mol. The molecule has 314 valence electrons. The molecular weight excluding hydrogens is 754 g/mol. The number of benzene rings is 1. The van der Waals surface area contributed by atoms with Crippen molar-refractivity contribution >= 4 is 17.8 Å². The van der Waals surface area contributed by atoms with Gasteiger partial charge in [-0.25, -0.2) is 4.79 Å². The second kappa shape index (κ2) is 15.9. The van der Waals surface area contributed by atoms with E-state index in [2.05, 4.69) is 5.32 Å². The fourth-order valence-corrected chi connectivity index (χ4v) is 8.23. The molecule has 21 nitrogen and oxygen atoms in total. The molecule has 0 aromatic heterocycles. The molecule has 18 atom stereocenters. The van der Waals surface area contributed by atoms with Gasteiger partial charge in [-0.15, -0.1) is 0 Å². The van der Waals surface area contributed by atoms with E-state index < -0.39 is 159 Å². The molecule has 1 aromatic carbocycles. The molecule has 6 rings (SSSR count). The van der Waals surface area contributed by atoms with Crippen LogP contribution in [0, 0.1) is 11.8 Å². The van der Waals surface area contributed by atoms with Crippen LogP contribution in [0.4, 0.5) is 0 Å². The highest BCUT2D eigenvalue weighted by Crippen LogP contribution is 2.56. The van der Waals surface area contributed by atoms with E-state index in [-0.39, 0.29) is 17.9 Å². The van der Waals surface area contributed by atoms with Gasteiger partial charge in [-0.2, -0.15) is 0 Å². The summed E-state index contributed by atoms with van der Waals surface area (Å²) in [6.45, 7) is 1.74. The number of esters is 2. The molecule has 2 aliphatic carbocycles. The molecule has 3 aliphatic heterocycles. The summed E-state index contributed by atoms with van der Waals surface area (Å²) in [6, 6.07) is 3.71. The van der Waals surface area contributed by atoms with Crippen molar-refractivity contribution in [3.8, 4) is 5.75 Å². The van der Waals surface area contributed by atoms with E-state index in [0.717, 1.165) is 6.92 Å². The summed E-state index contributed by atoms with van der Waals surface area (Å²) in [5.74, 6) is -9.87. The van der Waals surface area contributed by atoms with Crippen LogP contribution in [0.2, 0.25) is 0 Å². The monoisotopic (exact) mass is 803 g/mol. The first-order chi connectivity index (χ1) is 26.2. The number of phenols is 1. The predicted octanol–water partition coefficient (Wildman–Crippen LogP) is -5.02. The number of amides is 1. The summed E-state index contributed by atoms with van der Waals surface area (Å²) < 4.78 is 34.4. The number of hydrogen-bond donors (Lipinski definition) is 12. The molecule has 1 amide bonds. The van der Waals surface area contributed by atoms with Crippen LogP contribution in [0.3, 0.4) is 0 Å². The van der Waals surface area contributed by atoms with Gasteiger partial charge in [-0.05, 0) is 30.7 Å². The van der Waals surface area contributed by atoms with Crippen molar-refractivity contribution in [3.05, 3.63) is 29.8 Å². The highest BCUT2D eigenvalue weighted by atomic mass is 16.8. The number of aliphatic hydroxyl groups is 10. The number of hydrogen-bond acceptors (Lipinski definition) is 20. The summed E-state index contributed by atoms with van der Waals surface area (Å²) in [6.07, 6.45) is -23.2. The van der Waals surface area contributed by atoms with E-state index in [1.54, 1.807) is 6.92 Å². The second-order valence-corrected chi connectivity index (χ2v) is 15.4. The number of fused-ring (bicyclic) bond motifs is 1. The molecule has 3 saturated heterocycles. The van der Waals surface area contributed by atoms with Gasteiger partial charge < -0.3 is 89.9 Å². The second-order valence-electron chi connectivity index (χ2n) is 15.4. The van der Waals surface area contributed by atoms with Gasteiger partial charge in [0, 0.05) is 32.1 Å². The lowest BCUT2D eigenvalue weighted by molar-refractivity contribution is -0.363. The number of nitrogens with one attached hydrogen (secondary N) is 1. The lowest BCUT2D eigenvalue weighted by Gasteiger charge is -2.48. The molecule has 5 aliphatic rings. The quantitative estimate of drug-likeness (QED) is 0.109. The fraction of sp³-hybridized carbons (Fsp3) is 0.743. The van der Waals surface area contributed by atoms with E-state index in [0.29, 0.717) is 0 Å². The van der Waals surface area contributed by atoms with Crippen molar-refractivity contribution in [2.75, 3.05) is 13.2 Å². The molecular formula is C35H49NO20. The fourth-order valence-electron chi connectivity index (χ4n) is 8.23. The van der Waals surface area contributed by atoms with Gasteiger partial charge in [-0.3, -0.25) is 9.59 Å². The lowest BCUT2D eigenvalue weighted by Crippen LogP contribution is -2.69. The van der Waals surface area contributed by atoms with Crippen LogP contribution in [-0.2, 0) is 38.0 Å². The van der Waals surface area contributed by atoms with Crippen molar-refractivity contribution in [2.45, 2.75) is 136 Å². The van der Waals surface area contributed by atoms with Gasteiger partial charge in [0.25, 0.3) is 0 Å². The van der Waals surface area contributed by atoms with Gasteiger partial charge in [0.15, 0.2) is 11.9 Å². The van der Waals surface area contributed by atoms with Gasteiger partial charge in [0.2, 0.25) is 17.5 Å². The maximum atomic E-state index is 13.8. The Morgan fingerprint density at radius 3 is 2.21 bits per heavy atom. The van der Waals surface area contributed by atoms with Gasteiger partial charge in [0.1, 0.15) is 66.7 Å². The van der Waals surface area contributed by atoms with Gasteiger partial charge in [0.05, 0.1) is 36.9 Å². The average Bonchev–Trinajstić information content (AvgIpc) is 3.31. The Morgan fingerprint density at radius 1 is 0.893 bits per heavy atom. The number of phenolic OH excluding ortho intramolecular Hbond substituents is 1. The van der Waals surface area contributed by atoms with Crippen LogP contribution in [0.15, 0.2) is 24.3 Å². The Hall–Kier alpha value is -3.13. The third-order valence-electron chi connectivity index (χ3n) is 11.5.